The van der Waals surface area contributed by atoms with Crippen molar-refractivity contribution in [3.63, 3.8) is 0 Å². The van der Waals surface area contributed by atoms with Crippen LogP contribution in [0, 0.1) is 11.8 Å². The van der Waals surface area contributed by atoms with Crippen molar-refractivity contribution in [3.05, 3.63) is 59.7 Å². The Kier molecular flexibility index (Phi) is 6.71. The molecule has 4 atom stereocenters. The fourth-order valence-electron chi connectivity index (χ4n) is 4.59. The van der Waals surface area contributed by atoms with E-state index in [9.17, 15) is 15.0 Å². The van der Waals surface area contributed by atoms with Gasteiger partial charge in [-0.05, 0) is 47.9 Å². The number of carbonyl (C=O) groups excluding carboxylic acids is 1. The minimum Gasteiger partial charge on any atom is -0.508 e. The number of esters is 1. The molecular weight excluding hydrogens is 380 g/mol. The lowest BCUT2D eigenvalue weighted by molar-refractivity contribution is -0.167. The maximum absolute atomic E-state index is 12.9. The van der Waals surface area contributed by atoms with E-state index >= 15 is 0 Å². The highest BCUT2D eigenvalue weighted by atomic mass is 16.6. The molecule has 2 aromatic carbocycles. The Morgan fingerprint density at radius 1 is 1.13 bits per heavy atom. The minimum absolute atomic E-state index is 0.0853. The molecule has 30 heavy (non-hydrogen) atoms. The number of rotatable bonds is 6. The van der Waals surface area contributed by atoms with Crippen LogP contribution in [0.4, 0.5) is 0 Å². The maximum Gasteiger partial charge on any atom is 0.340 e. The molecule has 0 aromatic heterocycles. The van der Waals surface area contributed by atoms with Gasteiger partial charge >= 0.3 is 5.97 Å². The number of phenolic OH excluding ortho intramolecular Hbond substituents is 1. The first-order valence-corrected chi connectivity index (χ1v) is 10.5. The highest BCUT2D eigenvalue weighted by Gasteiger charge is 2.42. The van der Waals surface area contributed by atoms with E-state index in [0.717, 1.165) is 19.3 Å². The molecule has 1 aliphatic carbocycles. The van der Waals surface area contributed by atoms with Crippen LogP contribution in [0.25, 0.3) is 0 Å². The lowest BCUT2D eigenvalue weighted by atomic mass is 9.64. The molecule has 0 saturated heterocycles. The van der Waals surface area contributed by atoms with Crippen molar-refractivity contribution in [1.82, 2.24) is 0 Å². The van der Waals surface area contributed by atoms with Gasteiger partial charge in [0.05, 0.1) is 7.11 Å². The summed E-state index contributed by atoms with van der Waals surface area (Å²) in [5, 5.41) is 20.7. The highest BCUT2D eigenvalue weighted by Crippen LogP contribution is 2.44. The third-order valence-corrected chi connectivity index (χ3v) is 6.52. The summed E-state index contributed by atoms with van der Waals surface area (Å²) in [6.07, 6.45) is 0.899. The van der Waals surface area contributed by atoms with Gasteiger partial charge in [0.25, 0.3) is 0 Å². The number of carbonyl (C=O) groups is 1. The lowest BCUT2D eigenvalue weighted by Gasteiger charge is -2.44. The van der Waals surface area contributed by atoms with E-state index in [2.05, 4.69) is 32.9 Å². The van der Waals surface area contributed by atoms with E-state index in [4.69, 9.17) is 9.47 Å². The summed E-state index contributed by atoms with van der Waals surface area (Å²) in [4.78, 5) is 12.9. The van der Waals surface area contributed by atoms with Gasteiger partial charge in [-0.2, -0.15) is 0 Å². The van der Waals surface area contributed by atoms with Crippen molar-refractivity contribution in [2.45, 2.75) is 57.7 Å². The quantitative estimate of drug-likeness (QED) is 0.669. The van der Waals surface area contributed by atoms with Crippen LogP contribution in [0.5, 0.6) is 11.5 Å². The van der Waals surface area contributed by atoms with Gasteiger partial charge in [0, 0.05) is 11.5 Å². The van der Waals surface area contributed by atoms with E-state index in [0.29, 0.717) is 11.7 Å². The number of phenols is 1. The third-order valence-electron chi connectivity index (χ3n) is 6.52. The number of ether oxygens (including phenoxy) is 2. The Hall–Kier alpha value is -2.53. The average Bonchev–Trinajstić information content (AvgIpc) is 2.74. The highest BCUT2D eigenvalue weighted by molar-refractivity contribution is 5.77. The second-order valence-electron chi connectivity index (χ2n) is 8.92. The number of hydrogen-bond donors (Lipinski definition) is 2. The summed E-state index contributed by atoms with van der Waals surface area (Å²) < 4.78 is 11.0. The van der Waals surface area contributed by atoms with Crippen LogP contribution in [0.1, 0.15) is 57.3 Å². The van der Waals surface area contributed by atoms with Crippen LogP contribution in [0.2, 0.25) is 0 Å². The van der Waals surface area contributed by atoms with Gasteiger partial charge in [0.2, 0.25) is 0 Å². The molecule has 2 aromatic rings. The van der Waals surface area contributed by atoms with Crippen molar-refractivity contribution in [2.75, 3.05) is 7.11 Å². The molecule has 2 N–H and O–H groups in total. The number of hydrogen-bond acceptors (Lipinski definition) is 5. The molecule has 0 spiro atoms. The van der Waals surface area contributed by atoms with Gasteiger partial charge in [-0.15, -0.1) is 0 Å². The molecule has 162 valence electrons. The smallest absolute Gasteiger partial charge is 0.340 e. The summed E-state index contributed by atoms with van der Waals surface area (Å²) in [5.41, 5.74) is 1.11. The Bertz CT molecular complexity index is 861. The molecule has 0 heterocycles. The van der Waals surface area contributed by atoms with E-state index in [1.165, 1.54) is 24.8 Å². The van der Waals surface area contributed by atoms with Gasteiger partial charge < -0.3 is 19.7 Å². The van der Waals surface area contributed by atoms with Crippen molar-refractivity contribution >= 4 is 5.97 Å². The fraction of sp³-hybridized carbons (Fsp3) is 0.480. The van der Waals surface area contributed by atoms with Crippen LogP contribution in [0.3, 0.4) is 0 Å². The molecule has 5 heteroatoms. The topological polar surface area (TPSA) is 76.0 Å². The Morgan fingerprint density at radius 2 is 1.83 bits per heavy atom. The molecule has 0 radical (unpaired) electrons. The van der Waals surface area contributed by atoms with Gasteiger partial charge in [-0.25, -0.2) is 4.79 Å². The standard InChI is InChI=1S/C25H32O5/c1-16-10-12-20(25(2,3)17-8-6-5-7-9-17)22(14-16)30-24(28)23(27)19-15-18(29-4)11-13-21(19)26/h5-9,11,13,15-16,20,22-23,26-27H,10,12,14H2,1-4H3/t16-,20-,22-,23-/m1/s1. The first kappa shape index (κ1) is 22.2. The zero-order valence-electron chi connectivity index (χ0n) is 18.2. The van der Waals surface area contributed by atoms with Gasteiger partial charge in [-0.3, -0.25) is 0 Å². The molecule has 1 fully saturated rings. The van der Waals surface area contributed by atoms with Crippen molar-refractivity contribution in [3.8, 4) is 11.5 Å². The van der Waals surface area contributed by atoms with Crippen LogP contribution >= 0.6 is 0 Å². The van der Waals surface area contributed by atoms with E-state index < -0.39 is 12.1 Å². The maximum atomic E-state index is 12.9. The fourth-order valence-corrected chi connectivity index (χ4v) is 4.59. The second-order valence-corrected chi connectivity index (χ2v) is 8.92. The minimum atomic E-state index is -1.57. The predicted molar refractivity (Wildman–Crippen MR) is 115 cm³/mol. The summed E-state index contributed by atoms with van der Waals surface area (Å²) in [5.74, 6) is 0.105. The molecule has 0 unspecified atom stereocenters. The predicted octanol–water partition coefficient (Wildman–Crippen LogP) is 4.76. The average molecular weight is 413 g/mol. The van der Waals surface area contributed by atoms with E-state index in [1.54, 1.807) is 6.07 Å². The Morgan fingerprint density at radius 3 is 2.50 bits per heavy atom. The van der Waals surface area contributed by atoms with Crippen molar-refractivity contribution < 1.29 is 24.5 Å². The van der Waals surface area contributed by atoms with E-state index in [-0.39, 0.29) is 28.7 Å². The Balaban J connectivity index is 1.82. The Labute approximate surface area is 178 Å². The molecule has 5 nitrogen and oxygen atoms in total. The summed E-state index contributed by atoms with van der Waals surface area (Å²) in [7, 11) is 1.49. The monoisotopic (exact) mass is 412 g/mol. The second kappa shape index (κ2) is 9.09. The number of aliphatic hydroxyl groups is 1. The summed E-state index contributed by atoms with van der Waals surface area (Å²) in [6.45, 7) is 6.54. The van der Waals surface area contributed by atoms with Crippen molar-refractivity contribution in [1.29, 1.82) is 0 Å². The first-order valence-electron chi connectivity index (χ1n) is 10.5. The SMILES string of the molecule is COc1ccc(O)c([C@@H](O)C(=O)O[C@@H]2C[C@H](C)CC[C@H]2C(C)(C)c2ccccc2)c1. The van der Waals surface area contributed by atoms with Crippen LogP contribution < -0.4 is 4.74 Å². The molecule has 3 rings (SSSR count). The lowest BCUT2D eigenvalue weighted by Crippen LogP contribution is -2.44. The number of aliphatic hydroxyl groups excluding tert-OH is 1. The molecular formula is C25H32O5. The van der Waals surface area contributed by atoms with Crippen molar-refractivity contribution in [2.24, 2.45) is 11.8 Å². The van der Waals surface area contributed by atoms with Crippen LogP contribution in [-0.2, 0) is 14.9 Å². The zero-order valence-corrected chi connectivity index (χ0v) is 18.2. The summed E-state index contributed by atoms with van der Waals surface area (Å²) in [6, 6.07) is 14.7. The number of benzene rings is 2. The van der Waals surface area contributed by atoms with Crippen LogP contribution in [-0.4, -0.2) is 29.4 Å². The number of methoxy groups -OCH3 is 1. The first-order chi connectivity index (χ1) is 14.2. The molecule has 0 amide bonds. The normalized spacial score (nSPS) is 22.9. The van der Waals surface area contributed by atoms with Gasteiger partial charge in [-0.1, -0.05) is 57.5 Å². The molecule has 0 aliphatic heterocycles. The van der Waals surface area contributed by atoms with Crippen LogP contribution in [0.15, 0.2) is 48.5 Å². The molecule has 1 aliphatic rings. The molecule has 0 bridgehead atoms. The molecule has 1 saturated carbocycles. The zero-order chi connectivity index (χ0) is 21.9. The number of aromatic hydroxyl groups is 1. The van der Waals surface area contributed by atoms with E-state index in [1.807, 2.05) is 18.2 Å². The summed E-state index contributed by atoms with van der Waals surface area (Å²) >= 11 is 0. The third kappa shape index (κ3) is 4.62. The van der Waals surface area contributed by atoms with Gasteiger partial charge in [0.15, 0.2) is 6.10 Å². The largest absolute Gasteiger partial charge is 0.508 e. The van der Waals surface area contributed by atoms with Gasteiger partial charge in [0.1, 0.15) is 17.6 Å².